The number of carbonyl (C=O) groups is 1. The highest BCUT2D eigenvalue weighted by molar-refractivity contribution is 7.93. The molecule has 0 aliphatic rings. The van der Waals surface area contributed by atoms with Gasteiger partial charge in [0.05, 0.1) is 22.1 Å². The zero-order chi connectivity index (χ0) is 22.9. The van der Waals surface area contributed by atoms with Gasteiger partial charge in [0.1, 0.15) is 0 Å². The van der Waals surface area contributed by atoms with E-state index >= 15 is 0 Å². The summed E-state index contributed by atoms with van der Waals surface area (Å²) in [6, 6.07) is 4.73. The summed E-state index contributed by atoms with van der Waals surface area (Å²) in [6.07, 6.45) is 1.37. The van der Waals surface area contributed by atoms with Crippen LogP contribution in [0.4, 0.5) is 10.5 Å². The van der Waals surface area contributed by atoms with Crippen molar-refractivity contribution in [2.75, 3.05) is 5.32 Å². The number of nitrogens with one attached hydrogen (secondary N) is 1. The van der Waals surface area contributed by atoms with E-state index in [1.54, 1.807) is 26.0 Å². The number of benzene rings is 1. The van der Waals surface area contributed by atoms with Crippen molar-refractivity contribution in [2.45, 2.75) is 63.3 Å². The molecule has 0 aliphatic heterocycles. The zero-order valence-electron chi connectivity index (χ0n) is 18.4. The molecule has 0 saturated heterocycles. The lowest BCUT2D eigenvalue weighted by atomic mass is 9.90. The first-order valence-electron chi connectivity index (χ1n) is 9.38. The van der Waals surface area contributed by atoms with Crippen LogP contribution in [0.1, 0.15) is 74.9 Å². The minimum Gasteiger partial charge on any atom is -0.385 e. The monoisotopic (exact) mass is 483 g/mol. The van der Waals surface area contributed by atoms with Crippen molar-refractivity contribution < 1.29 is 14.1 Å². The predicted molar refractivity (Wildman–Crippen MR) is 129 cm³/mol. The zero-order valence-corrected chi connectivity index (χ0v) is 21.0. The SMILES string of the molecule is CC(C)c1cc(C#N)cc(C(C)C)c1NC(=O)N=S(N)(=O)c1ncc(C(C)(C)O)s1.S. The number of rotatable bonds is 5. The maximum absolute atomic E-state index is 12.8. The molecule has 4 N–H and O–H groups in total. The Kier molecular flexibility index (Phi) is 8.82. The van der Waals surface area contributed by atoms with Crippen LogP contribution in [0.25, 0.3) is 0 Å². The molecule has 0 radical (unpaired) electrons. The number of aliphatic hydroxyl groups is 1. The molecule has 0 fully saturated rings. The van der Waals surface area contributed by atoms with E-state index in [2.05, 4.69) is 20.7 Å². The minimum absolute atomic E-state index is 0. The Balaban J connectivity index is 0.00000480. The van der Waals surface area contributed by atoms with Gasteiger partial charge in [0.15, 0.2) is 9.92 Å². The first kappa shape index (κ1) is 27.1. The molecule has 0 spiro atoms. The number of carbonyl (C=O) groups excluding carboxylic acids is 1. The first-order chi connectivity index (χ1) is 13.8. The number of hydrogen-bond acceptors (Lipinski definition) is 6. The third-order valence-electron chi connectivity index (χ3n) is 4.36. The molecular weight excluding hydrogens is 454 g/mol. The average molecular weight is 484 g/mol. The van der Waals surface area contributed by atoms with Crippen LogP contribution >= 0.6 is 24.8 Å². The van der Waals surface area contributed by atoms with Crippen molar-refractivity contribution in [1.82, 2.24) is 4.98 Å². The number of urea groups is 1. The van der Waals surface area contributed by atoms with E-state index in [1.165, 1.54) is 6.20 Å². The highest BCUT2D eigenvalue weighted by atomic mass is 32.2. The Hall–Kier alpha value is -1.97. The Morgan fingerprint density at radius 1 is 1.29 bits per heavy atom. The van der Waals surface area contributed by atoms with Crippen LogP contribution in [0, 0.1) is 11.3 Å². The van der Waals surface area contributed by atoms with Crippen molar-refractivity contribution in [3.63, 3.8) is 0 Å². The summed E-state index contributed by atoms with van der Waals surface area (Å²) in [7, 11) is -3.59. The van der Waals surface area contributed by atoms with E-state index in [-0.39, 0.29) is 29.7 Å². The van der Waals surface area contributed by atoms with E-state index in [1.807, 2.05) is 27.7 Å². The molecule has 0 aliphatic carbocycles. The molecule has 1 aromatic heterocycles. The molecule has 1 heterocycles. The lowest BCUT2D eigenvalue weighted by Gasteiger charge is -2.20. The summed E-state index contributed by atoms with van der Waals surface area (Å²) in [5, 5.41) is 27.9. The summed E-state index contributed by atoms with van der Waals surface area (Å²) in [5.74, 6) is 0.0586. The standard InChI is InChI=1S/C20H27N5O3S2.H2S/c1-11(2)14-7-13(9-21)8-15(12(3)4)17(14)24-18(26)25-30(22,28)19-23-10-16(29-19)20(5,6)27;/h7-8,10-12,27H,1-6H3,(H3,22,24,25,26,28);1H2. The molecule has 1 unspecified atom stereocenters. The van der Waals surface area contributed by atoms with Crippen molar-refractivity contribution in [3.8, 4) is 6.07 Å². The summed E-state index contributed by atoms with van der Waals surface area (Å²) < 4.78 is 16.5. The number of aromatic nitrogens is 1. The fraction of sp³-hybridized carbons (Fsp3) is 0.450. The number of amides is 2. The van der Waals surface area contributed by atoms with E-state index in [4.69, 9.17) is 5.14 Å². The predicted octanol–water partition coefficient (Wildman–Crippen LogP) is 4.53. The van der Waals surface area contributed by atoms with E-state index in [0.29, 0.717) is 16.1 Å². The lowest BCUT2D eigenvalue weighted by Crippen LogP contribution is -2.19. The van der Waals surface area contributed by atoms with Crippen LogP contribution in [0.3, 0.4) is 0 Å². The van der Waals surface area contributed by atoms with Crippen LogP contribution in [-0.2, 0) is 15.5 Å². The molecule has 2 rings (SSSR count). The normalized spacial score (nSPS) is 13.3. The molecule has 8 nitrogen and oxygen atoms in total. The van der Waals surface area contributed by atoms with Crippen molar-refractivity contribution in [1.29, 1.82) is 5.26 Å². The van der Waals surface area contributed by atoms with Gasteiger partial charge in [-0.2, -0.15) is 18.8 Å². The Morgan fingerprint density at radius 3 is 2.19 bits per heavy atom. The molecule has 2 aromatic rings. The van der Waals surface area contributed by atoms with Gasteiger partial charge in [-0.15, -0.1) is 15.7 Å². The van der Waals surface area contributed by atoms with Gasteiger partial charge < -0.3 is 10.4 Å². The summed E-state index contributed by atoms with van der Waals surface area (Å²) >= 11 is 0.945. The largest absolute Gasteiger partial charge is 0.385 e. The van der Waals surface area contributed by atoms with Crippen LogP contribution in [0.15, 0.2) is 27.0 Å². The van der Waals surface area contributed by atoms with Gasteiger partial charge in [-0.1, -0.05) is 27.7 Å². The maximum Gasteiger partial charge on any atom is 0.354 e. The minimum atomic E-state index is -3.59. The van der Waals surface area contributed by atoms with Gasteiger partial charge in [-0.3, -0.25) is 0 Å². The highest BCUT2D eigenvalue weighted by Crippen LogP contribution is 2.34. The average Bonchev–Trinajstić information content (AvgIpc) is 3.12. The van der Waals surface area contributed by atoms with Gasteiger partial charge in [0.25, 0.3) is 0 Å². The summed E-state index contributed by atoms with van der Waals surface area (Å²) in [5.41, 5.74) is 1.43. The maximum atomic E-state index is 12.8. The molecular formula is C20H29N5O3S3. The fourth-order valence-corrected chi connectivity index (χ4v) is 4.86. The third kappa shape index (κ3) is 6.51. The van der Waals surface area contributed by atoms with Crippen LogP contribution in [-0.4, -0.2) is 20.3 Å². The highest BCUT2D eigenvalue weighted by Gasteiger charge is 2.24. The summed E-state index contributed by atoms with van der Waals surface area (Å²) in [6.45, 7) is 10.9. The molecule has 1 atom stereocenters. The number of nitrogens with two attached hydrogens (primary N) is 1. The second kappa shape index (κ2) is 10.1. The molecule has 1 aromatic carbocycles. The van der Waals surface area contributed by atoms with Gasteiger partial charge >= 0.3 is 6.03 Å². The van der Waals surface area contributed by atoms with Crippen LogP contribution < -0.4 is 10.5 Å². The second-order valence-electron chi connectivity index (χ2n) is 8.09. The van der Waals surface area contributed by atoms with Crippen LogP contribution in [0.2, 0.25) is 0 Å². The Labute approximate surface area is 194 Å². The van der Waals surface area contributed by atoms with Gasteiger partial charge in [0.2, 0.25) is 4.34 Å². The van der Waals surface area contributed by atoms with Crippen molar-refractivity contribution in [3.05, 3.63) is 39.9 Å². The summed E-state index contributed by atoms with van der Waals surface area (Å²) in [4.78, 5) is 17.1. The molecule has 170 valence electrons. The lowest BCUT2D eigenvalue weighted by molar-refractivity contribution is 0.0823. The molecule has 31 heavy (non-hydrogen) atoms. The van der Waals surface area contributed by atoms with Gasteiger partial charge in [-0.25, -0.2) is 19.1 Å². The Bertz CT molecular complexity index is 1090. The molecule has 11 heteroatoms. The Morgan fingerprint density at radius 2 is 1.81 bits per heavy atom. The number of nitriles is 1. The molecule has 0 saturated carbocycles. The van der Waals surface area contributed by atoms with Gasteiger partial charge in [0, 0.05) is 11.9 Å². The first-order valence-corrected chi connectivity index (χ1v) is 11.8. The number of anilines is 1. The fourth-order valence-electron chi connectivity index (χ4n) is 2.78. The van der Waals surface area contributed by atoms with Crippen molar-refractivity contribution in [2.24, 2.45) is 9.50 Å². The van der Waals surface area contributed by atoms with E-state index < -0.39 is 21.5 Å². The molecule has 0 bridgehead atoms. The van der Waals surface area contributed by atoms with E-state index in [0.717, 1.165) is 22.5 Å². The van der Waals surface area contributed by atoms with Crippen molar-refractivity contribution >= 4 is 46.5 Å². The van der Waals surface area contributed by atoms with Crippen LogP contribution in [0.5, 0.6) is 0 Å². The van der Waals surface area contributed by atoms with E-state index in [9.17, 15) is 19.4 Å². The second-order valence-corrected chi connectivity index (χ2v) is 11.1. The smallest absolute Gasteiger partial charge is 0.354 e. The van der Waals surface area contributed by atoms with Gasteiger partial charge in [-0.05, 0) is 48.9 Å². The molecule has 2 amide bonds. The quantitative estimate of drug-likeness (QED) is 0.572. The number of hydrogen-bond donors (Lipinski definition) is 3. The number of nitrogens with zero attached hydrogens (tertiary/aromatic N) is 3. The number of thiazole rings is 1. The topological polar surface area (TPSA) is 141 Å². The third-order valence-corrected chi connectivity index (χ3v) is 7.47.